The average Bonchev–Trinajstić information content (AvgIpc) is 2.72. The van der Waals surface area contributed by atoms with Crippen molar-refractivity contribution in [2.45, 2.75) is 43.0 Å². The molecule has 1 heterocycles. The summed E-state index contributed by atoms with van der Waals surface area (Å²) in [6, 6.07) is 15.9. The molecule has 28 heavy (non-hydrogen) atoms. The summed E-state index contributed by atoms with van der Waals surface area (Å²) in [7, 11) is 0. The summed E-state index contributed by atoms with van der Waals surface area (Å²) in [5.74, 6) is 0.0172. The van der Waals surface area contributed by atoms with Crippen LogP contribution in [-0.4, -0.2) is 27.1 Å². The zero-order chi connectivity index (χ0) is 19.7. The standard InChI is InChI=1S/C22H23ClN2O3/c23-22-12-5-4-11-19(22)20(16-7-2-1-3-8-16)24(14-13-22)21(26)17-9-6-10-18(15-17)25(27)28/h1-3,6-10,15,19-20H,4-5,11-14H2. The number of carbonyl (C=O) groups excluding carboxylic acids is 1. The van der Waals surface area contributed by atoms with E-state index in [1.165, 1.54) is 12.1 Å². The molecule has 3 atom stereocenters. The molecule has 4 rings (SSSR count). The molecule has 0 radical (unpaired) electrons. The van der Waals surface area contributed by atoms with Gasteiger partial charge in [0.2, 0.25) is 0 Å². The minimum absolute atomic E-state index is 0.0662. The topological polar surface area (TPSA) is 63.4 Å². The van der Waals surface area contributed by atoms with Gasteiger partial charge in [-0.2, -0.15) is 0 Å². The van der Waals surface area contributed by atoms with E-state index in [1.54, 1.807) is 12.1 Å². The number of amides is 1. The SMILES string of the molecule is O=C(c1cccc([N+](=O)[O-])c1)N1CCC2(Cl)CCCCC2C1c1ccccc1. The van der Waals surface area contributed by atoms with E-state index >= 15 is 0 Å². The van der Waals surface area contributed by atoms with Crippen LogP contribution < -0.4 is 0 Å². The third kappa shape index (κ3) is 3.39. The molecule has 2 aromatic rings. The van der Waals surface area contributed by atoms with Crippen molar-refractivity contribution in [2.24, 2.45) is 5.92 Å². The summed E-state index contributed by atoms with van der Waals surface area (Å²) < 4.78 is 0. The molecular formula is C22H23ClN2O3. The molecule has 146 valence electrons. The number of alkyl halides is 1. The van der Waals surface area contributed by atoms with Crippen LogP contribution in [-0.2, 0) is 0 Å². The first-order valence-corrected chi connectivity index (χ1v) is 10.2. The van der Waals surface area contributed by atoms with Gasteiger partial charge in [0.1, 0.15) is 0 Å². The third-order valence-electron chi connectivity index (χ3n) is 6.21. The number of nitrogens with zero attached hydrogens (tertiary/aromatic N) is 2. The Kier molecular flexibility index (Phi) is 5.11. The summed E-state index contributed by atoms with van der Waals surface area (Å²) in [5.41, 5.74) is 1.37. The van der Waals surface area contributed by atoms with Gasteiger partial charge in [0.15, 0.2) is 0 Å². The van der Waals surface area contributed by atoms with Crippen molar-refractivity contribution in [1.82, 2.24) is 4.90 Å². The van der Waals surface area contributed by atoms with Crippen LogP contribution in [0, 0.1) is 16.0 Å². The molecule has 0 bridgehead atoms. The van der Waals surface area contributed by atoms with Crippen molar-refractivity contribution < 1.29 is 9.72 Å². The van der Waals surface area contributed by atoms with Gasteiger partial charge in [0.05, 0.1) is 15.8 Å². The number of non-ortho nitro benzene ring substituents is 1. The number of likely N-dealkylation sites (tertiary alicyclic amines) is 1. The number of fused-ring (bicyclic) bond motifs is 1. The number of halogens is 1. The van der Waals surface area contributed by atoms with E-state index in [0.717, 1.165) is 37.7 Å². The molecule has 0 spiro atoms. The lowest BCUT2D eigenvalue weighted by Crippen LogP contribution is -2.53. The van der Waals surface area contributed by atoms with Gasteiger partial charge in [0, 0.05) is 30.2 Å². The largest absolute Gasteiger partial charge is 0.331 e. The highest BCUT2D eigenvalue weighted by Gasteiger charge is 2.50. The highest BCUT2D eigenvalue weighted by Crippen LogP contribution is 2.52. The fraction of sp³-hybridized carbons (Fsp3) is 0.409. The van der Waals surface area contributed by atoms with Gasteiger partial charge < -0.3 is 4.90 Å². The quantitative estimate of drug-likeness (QED) is 0.397. The number of carbonyl (C=O) groups is 1. The molecule has 3 unspecified atom stereocenters. The second-order valence-electron chi connectivity index (χ2n) is 7.80. The molecule has 1 amide bonds. The number of nitro groups is 1. The van der Waals surface area contributed by atoms with Crippen LogP contribution in [0.2, 0.25) is 0 Å². The number of hydrogen-bond donors (Lipinski definition) is 0. The fourth-order valence-corrected chi connectivity index (χ4v) is 5.30. The van der Waals surface area contributed by atoms with Crippen molar-refractivity contribution in [1.29, 1.82) is 0 Å². The van der Waals surface area contributed by atoms with Crippen molar-refractivity contribution in [3.05, 3.63) is 75.8 Å². The third-order valence-corrected chi connectivity index (χ3v) is 6.87. The molecule has 0 N–H and O–H groups in total. The van der Waals surface area contributed by atoms with Crippen LogP contribution in [0.3, 0.4) is 0 Å². The number of rotatable bonds is 3. The summed E-state index contributed by atoms with van der Waals surface area (Å²) in [6.07, 6.45) is 4.95. The molecule has 1 aliphatic carbocycles. The summed E-state index contributed by atoms with van der Waals surface area (Å²) in [5, 5.41) is 11.1. The molecule has 2 aromatic carbocycles. The van der Waals surface area contributed by atoms with Crippen LogP contribution >= 0.6 is 11.6 Å². The lowest BCUT2D eigenvalue weighted by atomic mass is 9.68. The van der Waals surface area contributed by atoms with E-state index < -0.39 is 4.92 Å². The first-order valence-electron chi connectivity index (χ1n) is 9.79. The van der Waals surface area contributed by atoms with Crippen LogP contribution in [0.25, 0.3) is 0 Å². The summed E-state index contributed by atoms with van der Waals surface area (Å²) >= 11 is 7.08. The number of piperidine rings is 1. The van der Waals surface area contributed by atoms with Crippen molar-refractivity contribution in [2.75, 3.05) is 6.54 Å². The predicted octanol–water partition coefficient (Wildman–Crippen LogP) is 5.35. The summed E-state index contributed by atoms with van der Waals surface area (Å²) in [4.78, 5) is 25.7. The van der Waals surface area contributed by atoms with Crippen LogP contribution in [0.4, 0.5) is 5.69 Å². The molecule has 1 saturated heterocycles. The minimum atomic E-state index is -0.466. The molecule has 1 aliphatic heterocycles. The zero-order valence-corrected chi connectivity index (χ0v) is 16.3. The Morgan fingerprint density at radius 1 is 1.11 bits per heavy atom. The molecular weight excluding hydrogens is 376 g/mol. The van der Waals surface area contributed by atoms with Gasteiger partial charge in [-0.05, 0) is 30.9 Å². The zero-order valence-electron chi connectivity index (χ0n) is 15.6. The Balaban J connectivity index is 1.73. The van der Waals surface area contributed by atoms with Crippen LogP contribution in [0.5, 0.6) is 0 Å². The Morgan fingerprint density at radius 3 is 2.64 bits per heavy atom. The van der Waals surface area contributed by atoms with Crippen molar-refractivity contribution in [3.63, 3.8) is 0 Å². The highest BCUT2D eigenvalue weighted by atomic mass is 35.5. The van der Waals surface area contributed by atoms with Crippen LogP contribution in [0.1, 0.15) is 54.1 Å². The second-order valence-corrected chi connectivity index (χ2v) is 8.55. The fourth-order valence-electron chi connectivity index (χ4n) is 4.85. The highest BCUT2D eigenvalue weighted by molar-refractivity contribution is 6.24. The van der Waals surface area contributed by atoms with E-state index in [-0.39, 0.29) is 28.4 Å². The second kappa shape index (κ2) is 7.55. The van der Waals surface area contributed by atoms with Gasteiger partial charge in [-0.3, -0.25) is 14.9 Å². The normalized spacial score (nSPS) is 27.1. The maximum absolute atomic E-state index is 13.4. The molecule has 5 nitrogen and oxygen atoms in total. The van der Waals surface area contributed by atoms with E-state index in [0.29, 0.717) is 12.1 Å². The first-order chi connectivity index (χ1) is 13.5. The molecule has 2 fully saturated rings. The maximum Gasteiger partial charge on any atom is 0.270 e. The van der Waals surface area contributed by atoms with Gasteiger partial charge in [-0.1, -0.05) is 49.2 Å². The predicted molar refractivity (Wildman–Crippen MR) is 108 cm³/mol. The van der Waals surface area contributed by atoms with E-state index in [2.05, 4.69) is 12.1 Å². The van der Waals surface area contributed by atoms with Gasteiger partial charge in [-0.15, -0.1) is 11.6 Å². The van der Waals surface area contributed by atoms with E-state index in [1.807, 2.05) is 23.1 Å². The lowest BCUT2D eigenvalue weighted by molar-refractivity contribution is -0.384. The maximum atomic E-state index is 13.4. The molecule has 0 aromatic heterocycles. The monoisotopic (exact) mass is 398 g/mol. The molecule has 2 aliphatic rings. The van der Waals surface area contributed by atoms with Crippen molar-refractivity contribution in [3.8, 4) is 0 Å². The van der Waals surface area contributed by atoms with E-state index in [4.69, 9.17) is 11.6 Å². The Morgan fingerprint density at radius 2 is 1.89 bits per heavy atom. The first kappa shape index (κ1) is 18.9. The number of nitro benzene ring substituents is 1. The smallest absolute Gasteiger partial charge is 0.270 e. The van der Waals surface area contributed by atoms with Gasteiger partial charge in [0.25, 0.3) is 11.6 Å². The molecule has 6 heteroatoms. The van der Waals surface area contributed by atoms with E-state index in [9.17, 15) is 14.9 Å². The molecule has 1 saturated carbocycles. The minimum Gasteiger partial charge on any atom is -0.331 e. The Labute approximate surface area is 169 Å². The Hall–Kier alpha value is -2.40. The number of hydrogen-bond acceptors (Lipinski definition) is 3. The van der Waals surface area contributed by atoms with Gasteiger partial charge >= 0.3 is 0 Å². The Bertz CT molecular complexity index is 888. The average molecular weight is 399 g/mol. The number of benzene rings is 2. The van der Waals surface area contributed by atoms with Crippen LogP contribution in [0.15, 0.2) is 54.6 Å². The lowest BCUT2D eigenvalue weighted by Gasteiger charge is -2.52. The van der Waals surface area contributed by atoms with Crippen molar-refractivity contribution >= 4 is 23.2 Å². The van der Waals surface area contributed by atoms with Gasteiger partial charge in [-0.25, -0.2) is 0 Å². The summed E-state index contributed by atoms with van der Waals surface area (Å²) in [6.45, 7) is 0.557.